The Labute approximate surface area is 169 Å². The van der Waals surface area contributed by atoms with Gasteiger partial charge >= 0.3 is 0 Å². The molecule has 1 amide bonds. The first-order chi connectivity index (χ1) is 13.7. The number of hydrogen-bond acceptors (Lipinski definition) is 3. The van der Waals surface area contributed by atoms with Crippen LogP contribution < -0.4 is 0 Å². The highest BCUT2D eigenvalue weighted by Gasteiger charge is 2.28. The first kappa shape index (κ1) is 18.5. The maximum absolute atomic E-state index is 12.8. The quantitative estimate of drug-likeness (QED) is 0.745. The number of halogens is 1. The summed E-state index contributed by atoms with van der Waals surface area (Å²) in [5.41, 5.74) is 4.15. The number of allylic oxidation sites excluding steroid dienone is 1. The van der Waals surface area contributed by atoms with Gasteiger partial charge in [-0.15, -0.1) is 0 Å². The fourth-order valence-electron chi connectivity index (χ4n) is 3.89. The van der Waals surface area contributed by atoms with Gasteiger partial charge in [-0.3, -0.25) is 9.79 Å². The minimum Gasteiger partial charge on any atom is -0.339 e. The number of amides is 1. The Morgan fingerprint density at radius 2 is 1.93 bits per heavy atom. The zero-order valence-electron chi connectivity index (χ0n) is 15.4. The molecule has 140 valence electrons. The van der Waals surface area contributed by atoms with E-state index in [4.69, 9.17) is 16.6 Å². The predicted octanol–water partition coefficient (Wildman–Crippen LogP) is 4.95. The Hall–Kier alpha value is -2.90. The molecule has 2 aliphatic rings. The van der Waals surface area contributed by atoms with E-state index in [1.165, 1.54) is 5.71 Å². The first-order valence-corrected chi connectivity index (χ1v) is 9.85. The number of benzene rings is 2. The molecule has 0 unspecified atom stereocenters. The van der Waals surface area contributed by atoms with Crippen molar-refractivity contribution < 1.29 is 4.79 Å². The van der Waals surface area contributed by atoms with Crippen molar-refractivity contribution in [1.29, 1.82) is 5.26 Å². The lowest BCUT2D eigenvalue weighted by molar-refractivity contribution is 0.0709. The summed E-state index contributed by atoms with van der Waals surface area (Å²) in [6.07, 6.45) is 4.81. The zero-order chi connectivity index (χ0) is 19.5. The van der Waals surface area contributed by atoms with Gasteiger partial charge in [0, 0.05) is 41.7 Å². The molecule has 2 aromatic carbocycles. The second-order valence-corrected chi connectivity index (χ2v) is 7.57. The van der Waals surface area contributed by atoms with E-state index in [1.54, 1.807) is 24.3 Å². The molecular weight excluding hydrogens is 370 g/mol. The van der Waals surface area contributed by atoms with Crippen LogP contribution in [-0.4, -0.2) is 29.6 Å². The van der Waals surface area contributed by atoms with Crippen molar-refractivity contribution in [2.24, 2.45) is 10.9 Å². The Morgan fingerprint density at radius 3 is 2.68 bits per heavy atom. The maximum Gasteiger partial charge on any atom is 0.255 e. The molecule has 1 fully saturated rings. The fraction of sp³-hybridized carbons (Fsp3) is 0.261. The summed E-state index contributed by atoms with van der Waals surface area (Å²) < 4.78 is 0. The normalized spacial score (nSPS) is 17.1. The molecule has 0 atom stereocenters. The molecule has 28 heavy (non-hydrogen) atoms. The maximum atomic E-state index is 12.8. The van der Waals surface area contributed by atoms with Crippen molar-refractivity contribution in [2.45, 2.75) is 19.3 Å². The standard InChI is InChI=1S/C23H20ClN3O/c24-19-6-3-5-17(14-19)22-9-8-21(26-22)16-10-12-27(13-11-16)23(28)20-7-2-1-4-18(20)15-25/h1-7,9,14,16H,8,10-13H2. The van der Waals surface area contributed by atoms with Crippen LogP contribution in [-0.2, 0) is 0 Å². The van der Waals surface area contributed by atoms with E-state index in [1.807, 2.05) is 29.2 Å². The molecule has 0 aromatic heterocycles. The van der Waals surface area contributed by atoms with Gasteiger partial charge < -0.3 is 4.90 Å². The Morgan fingerprint density at radius 1 is 1.14 bits per heavy atom. The van der Waals surface area contributed by atoms with Crippen LogP contribution in [0.25, 0.3) is 5.70 Å². The molecular formula is C23H20ClN3O. The fourth-order valence-corrected chi connectivity index (χ4v) is 4.08. The van der Waals surface area contributed by atoms with Gasteiger partial charge in [0.2, 0.25) is 0 Å². The van der Waals surface area contributed by atoms with Gasteiger partial charge in [0.15, 0.2) is 0 Å². The summed E-state index contributed by atoms with van der Waals surface area (Å²) in [6, 6.07) is 16.9. The second-order valence-electron chi connectivity index (χ2n) is 7.13. The number of nitrogens with zero attached hydrogens (tertiary/aromatic N) is 3. The second kappa shape index (κ2) is 8.00. The zero-order valence-corrected chi connectivity index (χ0v) is 16.2. The van der Waals surface area contributed by atoms with Gasteiger partial charge in [-0.1, -0.05) is 41.9 Å². The van der Waals surface area contributed by atoms with Crippen LogP contribution in [0, 0.1) is 17.2 Å². The third-order valence-electron chi connectivity index (χ3n) is 5.42. The first-order valence-electron chi connectivity index (χ1n) is 9.47. The molecule has 2 heterocycles. The predicted molar refractivity (Wildman–Crippen MR) is 111 cm³/mol. The molecule has 0 saturated carbocycles. The molecule has 0 N–H and O–H groups in total. The molecule has 2 aromatic rings. The Bertz CT molecular complexity index is 1010. The van der Waals surface area contributed by atoms with Gasteiger partial charge in [0.25, 0.3) is 5.91 Å². The van der Waals surface area contributed by atoms with E-state index in [2.05, 4.69) is 12.1 Å². The van der Waals surface area contributed by atoms with E-state index < -0.39 is 0 Å². The topological polar surface area (TPSA) is 56.5 Å². The number of rotatable bonds is 3. The molecule has 1 saturated heterocycles. The van der Waals surface area contributed by atoms with Crippen molar-refractivity contribution in [1.82, 2.24) is 4.90 Å². The molecule has 4 rings (SSSR count). The molecule has 0 radical (unpaired) electrons. The largest absolute Gasteiger partial charge is 0.339 e. The van der Waals surface area contributed by atoms with E-state index in [9.17, 15) is 10.1 Å². The lowest BCUT2D eigenvalue weighted by Gasteiger charge is -2.32. The number of carbonyl (C=O) groups is 1. The average Bonchev–Trinajstić information content (AvgIpc) is 3.24. The van der Waals surface area contributed by atoms with E-state index >= 15 is 0 Å². The summed E-state index contributed by atoms with van der Waals surface area (Å²) in [5, 5.41) is 9.95. The number of nitriles is 1. The smallest absolute Gasteiger partial charge is 0.255 e. The highest BCUT2D eigenvalue weighted by Crippen LogP contribution is 2.30. The molecule has 4 nitrogen and oxygen atoms in total. The number of hydrogen-bond donors (Lipinski definition) is 0. The third kappa shape index (κ3) is 3.72. The van der Waals surface area contributed by atoms with Crippen LogP contribution in [0.5, 0.6) is 0 Å². The summed E-state index contributed by atoms with van der Waals surface area (Å²) >= 11 is 6.09. The highest BCUT2D eigenvalue weighted by molar-refractivity contribution is 6.30. The summed E-state index contributed by atoms with van der Waals surface area (Å²) in [5.74, 6) is 0.338. The average molecular weight is 390 g/mol. The number of likely N-dealkylation sites (tertiary alicyclic amines) is 1. The van der Waals surface area contributed by atoms with E-state index in [0.29, 0.717) is 35.2 Å². The van der Waals surface area contributed by atoms with Crippen LogP contribution in [0.2, 0.25) is 5.02 Å². The number of piperidine rings is 1. The van der Waals surface area contributed by atoms with Crippen molar-refractivity contribution >= 4 is 28.9 Å². The number of carbonyl (C=O) groups excluding carboxylic acids is 1. The van der Waals surface area contributed by atoms with E-state index in [-0.39, 0.29) is 5.91 Å². The Balaban J connectivity index is 1.40. The minimum absolute atomic E-state index is 0.0540. The molecule has 5 heteroatoms. The van der Waals surface area contributed by atoms with Crippen molar-refractivity contribution in [3.8, 4) is 6.07 Å². The van der Waals surface area contributed by atoms with E-state index in [0.717, 1.165) is 30.5 Å². The van der Waals surface area contributed by atoms with Crippen LogP contribution in [0.1, 0.15) is 40.7 Å². The minimum atomic E-state index is -0.0540. The summed E-state index contributed by atoms with van der Waals surface area (Å²) in [4.78, 5) is 19.5. The molecule has 2 aliphatic heterocycles. The van der Waals surface area contributed by atoms with Crippen molar-refractivity contribution in [3.05, 3.63) is 76.3 Å². The summed E-state index contributed by atoms with van der Waals surface area (Å²) in [6.45, 7) is 1.38. The van der Waals surface area contributed by atoms with Crippen LogP contribution in [0.15, 0.2) is 59.6 Å². The van der Waals surface area contributed by atoms with Crippen LogP contribution in [0.3, 0.4) is 0 Å². The Kier molecular flexibility index (Phi) is 5.27. The summed E-state index contributed by atoms with van der Waals surface area (Å²) in [7, 11) is 0. The highest BCUT2D eigenvalue weighted by atomic mass is 35.5. The molecule has 0 spiro atoms. The van der Waals surface area contributed by atoms with Crippen LogP contribution >= 0.6 is 11.6 Å². The number of aliphatic imine (C=N–C) groups is 1. The van der Waals surface area contributed by atoms with Crippen LogP contribution in [0.4, 0.5) is 0 Å². The van der Waals surface area contributed by atoms with Crippen molar-refractivity contribution in [2.75, 3.05) is 13.1 Å². The van der Waals surface area contributed by atoms with Gasteiger partial charge in [-0.25, -0.2) is 0 Å². The van der Waals surface area contributed by atoms with Gasteiger partial charge in [0.1, 0.15) is 0 Å². The van der Waals surface area contributed by atoms with Gasteiger partial charge in [0.05, 0.1) is 22.9 Å². The third-order valence-corrected chi connectivity index (χ3v) is 5.66. The lowest BCUT2D eigenvalue weighted by atomic mass is 9.90. The monoisotopic (exact) mass is 389 g/mol. The molecule has 0 aliphatic carbocycles. The SMILES string of the molecule is N#Cc1ccccc1C(=O)N1CCC(C2=NC(c3cccc(Cl)c3)=CC2)CC1. The van der Waals surface area contributed by atoms with Crippen molar-refractivity contribution in [3.63, 3.8) is 0 Å². The van der Waals surface area contributed by atoms with Gasteiger partial charge in [-0.05, 0) is 37.1 Å². The van der Waals surface area contributed by atoms with Gasteiger partial charge in [-0.2, -0.15) is 5.26 Å². The molecule has 0 bridgehead atoms. The lowest BCUT2D eigenvalue weighted by Crippen LogP contribution is -2.40.